The minimum Gasteiger partial charge on any atom is -0.390 e. The third-order valence-corrected chi connectivity index (χ3v) is 14.5. The standard InChI is InChI=1S/C35H56F2O3S/c1-6-8-10-13-25(3)29-18-19-33(5)30(16-17-31(33)28(29)7-2)26(4)32(41(39,40)27-14-11-9-12-15-27)24-34(38)20-22-35(36,37)23-21-34/h9,11-12,14-15,25-26,28-32,38H,6-8,10,13,16-24H2,1-5H3/t25-,26+,28-,29-,30-,31+,32?,33-/m1/s1. The van der Waals surface area contributed by atoms with E-state index in [0.717, 1.165) is 31.1 Å². The van der Waals surface area contributed by atoms with Crippen LogP contribution in [0.5, 0.6) is 0 Å². The van der Waals surface area contributed by atoms with Crippen molar-refractivity contribution in [1.82, 2.24) is 0 Å². The van der Waals surface area contributed by atoms with Crippen molar-refractivity contribution < 1.29 is 22.3 Å². The van der Waals surface area contributed by atoms with Crippen molar-refractivity contribution >= 4 is 9.84 Å². The summed E-state index contributed by atoms with van der Waals surface area (Å²) in [6.45, 7) is 11.6. The third-order valence-electron chi connectivity index (χ3n) is 12.2. The van der Waals surface area contributed by atoms with Crippen molar-refractivity contribution in [2.45, 2.75) is 146 Å². The molecule has 234 valence electrons. The fourth-order valence-corrected chi connectivity index (χ4v) is 11.9. The van der Waals surface area contributed by atoms with Gasteiger partial charge in [-0.25, -0.2) is 17.2 Å². The molecule has 1 N–H and O–H groups in total. The summed E-state index contributed by atoms with van der Waals surface area (Å²) < 4.78 is 56.6. The number of hydrogen-bond acceptors (Lipinski definition) is 3. The van der Waals surface area contributed by atoms with Gasteiger partial charge in [-0.1, -0.05) is 84.9 Å². The summed E-state index contributed by atoms with van der Waals surface area (Å²) in [7, 11) is -3.77. The number of alkyl halides is 2. The maximum absolute atomic E-state index is 14.3. The number of hydrogen-bond donors (Lipinski definition) is 1. The summed E-state index contributed by atoms with van der Waals surface area (Å²) in [4.78, 5) is 0.275. The fourth-order valence-electron chi connectivity index (χ4n) is 9.73. The number of unbranched alkanes of at least 4 members (excludes halogenated alkanes) is 2. The van der Waals surface area contributed by atoms with E-state index in [2.05, 4.69) is 34.6 Å². The Morgan fingerprint density at radius 1 is 0.951 bits per heavy atom. The number of rotatable bonds is 12. The Bertz CT molecular complexity index is 1080. The fraction of sp³-hybridized carbons (Fsp3) is 0.829. The molecule has 0 spiro atoms. The normalized spacial score (nSPS) is 33.6. The molecule has 3 aliphatic carbocycles. The quantitative estimate of drug-likeness (QED) is 0.245. The number of sulfone groups is 1. The highest BCUT2D eigenvalue weighted by molar-refractivity contribution is 7.92. The number of fused-ring (bicyclic) bond motifs is 1. The van der Waals surface area contributed by atoms with Crippen molar-refractivity contribution in [2.24, 2.45) is 40.9 Å². The van der Waals surface area contributed by atoms with Crippen LogP contribution < -0.4 is 0 Å². The zero-order chi connectivity index (χ0) is 30.1. The van der Waals surface area contributed by atoms with Crippen molar-refractivity contribution in [1.29, 1.82) is 0 Å². The van der Waals surface area contributed by atoms with Crippen molar-refractivity contribution in [3.05, 3.63) is 30.3 Å². The maximum Gasteiger partial charge on any atom is 0.248 e. The van der Waals surface area contributed by atoms with Gasteiger partial charge in [0.05, 0.1) is 15.7 Å². The van der Waals surface area contributed by atoms with Gasteiger partial charge >= 0.3 is 0 Å². The molecular weight excluding hydrogens is 538 g/mol. The SMILES string of the molecule is CCCCC[C@@H](C)[C@H]1CC[C@]2(C)[C@@H]([C@H](C)C(CC3(O)CCC(F)(F)CC3)S(=O)(=O)c3ccccc3)CC[C@H]2[C@@H]1CC. The molecule has 0 saturated heterocycles. The third kappa shape index (κ3) is 6.89. The lowest BCUT2D eigenvalue weighted by molar-refractivity contribution is -0.108. The maximum atomic E-state index is 14.3. The summed E-state index contributed by atoms with van der Waals surface area (Å²) in [6, 6.07) is 8.58. The molecule has 3 saturated carbocycles. The highest BCUT2D eigenvalue weighted by Crippen LogP contribution is 2.63. The minimum atomic E-state index is -3.77. The van der Waals surface area contributed by atoms with Crippen molar-refractivity contribution in [3.8, 4) is 0 Å². The van der Waals surface area contributed by atoms with Crippen molar-refractivity contribution in [3.63, 3.8) is 0 Å². The molecule has 3 fully saturated rings. The Balaban J connectivity index is 1.61. The van der Waals surface area contributed by atoms with Crippen LogP contribution in [0.25, 0.3) is 0 Å². The molecule has 0 bridgehead atoms. The highest BCUT2D eigenvalue weighted by atomic mass is 32.2. The van der Waals surface area contributed by atoms with E-state index in [1.54, 1.807) is 24.3 Å². The molecule has 0 heterocycles. The first-order valence-electron chi connectivity index (χ1n) is 16.7. The molecule has 4 rings (SSSR count). The molecule has 1 unspecified atom stereocenters. The van der Waals surface area contributed by atoms with Crippen molar-refractivity contribution in [2.75, 3.05) is 0 Å². The molecule has 41 heavy (non-hydrogen) atoms. The molecule has 3 nitrogen and oxygen atoms in total. The topological polar surface area (TPSA) is 54.4 Å². The van der Waals surface area contributed by atoms with Gasteiger partial charge < -0.3 is 5.11 Å². The van der Waals surface area contributed by atoms with Crippen LogP contribution in [-0.4, -0.2) is 30.3 Å². The highest BCUT2D eigenvalue weighted by Gasteiger charge is 2.57. The predicted molar refractivity (Wildman–Crippen MR) is 164 cm³/mol. The Morgan fingerprint density at radius 3 is 2.22 bits per heavy atom. The first-order valence-corrected chi connectivity index (χ1v) is 18.2. The van der Waals surface area contributed by atoms with Gasteiger partial charge in [-0.3, -0.25) is 0 Å². The van der Waals surface area contributed by atoms with E-state index in [9.17, 15) is 22.3 Å². The molecule has 6 heteroatoms. The van der Waals surface area contributed by atoms with E-state index >= 15 is 0 Å². The molecule has 0 amide bonds. The summed E-state index contributed by atoms with van der Waals surface area (Å²) in [5.74, 6) is -0.0119. The average Bonchev–Trinajstić information content (AvgIpc) is 3.30. The molecule has 1 aromatic rings. The van der Waals surface area contributed by atoms with Crippen LogP contribution in [0.3, 0.4) is 0 Å². The second-order valence-electron chi connectivity index (χ2n) is 14.6. The van der Waals surface area contributed by atoms with Gasteiger partial charge in [0.25, 0.3) is 0 Å². The van der Waals surface area contributed by atoms with Crippen LogP contribution in [0.4, 0.5) is 8.78 Å². The van der Waals surface area contributed by atoms with Gasteiger partial charge in [-0.15, -0.1) is 0 Å². The minimum absolute atomic E-state index is 0.0347. The van der Waals surface area contributed by atoms with E-state index in [0.29, 0.717) is 11.8 Å². The lowest BCUT2D eigenvalue weighted by atomic mass is 9.54. The van der Waals surface area contributed by atoms with Crippen LogP contribution in [0.15, 0.2) is 35.2 Å². The van der Waals surface area contributed by atoms with E-state index in [-0.39, 0.29) is 54.3 Å². The van der Waals surface area contributed by atoms with Crippen LogP contribution in [0.2, 0.25) is 0 Å². The van der Waals surface area contributed by atoms with Gasteiger partial charge in [-0.2, -0.15) is 0 Å². The van der Waals surface area contributed by atoms with E-state index < -0.39 is 26.6 Å². The number of aliphatic hydroxyl groups is 1. The Morgan fingerprint density at radius 2 is 1.61 bits per heavy atom. The Hall–Kier alpha value is -1.01. The summed E-state index contributed by atoms with van der Waals surface area (Å²) >= 11 is 0. The summed E-state index contributed by atoms with van der Waals surface area (Å²) in [5, 5.41) is 10.7. The van der Waals surface area contributed by atoms with Gasteiger partial charge in [0.2, 0.25) is 5.92 Å². The van der Waals surface area contributed by atoms with Gasteiger partial charge in [0.1, 0.15) is 0 Å². The number of benzene rings is 1. The molecule has 0 aromatic heterocycles. The largest absolute Gasteiger partial charge is 0.390 e. The van der Waals surface area contributed by atoms with Crippen LogP contribution in [-0.2, 0) is 9.84 Å². The molecule has 1 aromatic carbocycles. The van der Waals surface area contributed by atoms with E-state index in [1.807, 2.05) is 6.07 Å². The summed E-state index contributed by atoms with van der Waals surface area (Å²) in [5.41, 5.74) is -1.31. The van der Waals surface area contributed by atoms with Gasteiger partial charge in [0.15, 0.2) is 9.84 Å². The second kappa shape index (κ2) is 12.9. The summed E-state index contributed by atoms with van der Waals surface area (Å²) in [6.07, 6.45) is 9.98. The number of halogens is 2. The van der Waals surface area contributed by atoms with E-state index in [1.165, 1.54) is 38.5 Å². The monoisotopic (exact) mass is 594 g/mol. The van der Waals surface area contributed by atoms with Gasteiger partial charge in [0, 0.05) is 12.8 Å². The lowest BCUT2D eigenvalue weighted by Gasteiger charge is -2.52. The molecular formula is C35H56F2O3S. The second-order valence-corrected chi connectivity index (χ2v) is 16.8. The van der Waals surface area contributed by atoms with Crippen LogP contribution in [0.1, 0.15) is 125 Å². The first kappa shape index (κ1) is 32.9. The molecule has 0 aliphatic heterocycles. The van der Waals surface area contributed by atoms with Crippen LogP contribution >= 0.6 is 0 Å². The van der Waals surface area contributed by atoms with E-state index in [4.69, 9.17) is 0 Å². The van der Waals surface area contributed by atoms with Gasteiger partial charge in [-0.05, 0) is 98.0 Å². The zero-order valence-corrected chi connectivity index (χ0v) is 27.1. The lowest BCUT2D eigenvalue weighted by Crippen LogP contribution is -2.49. The Kier molecular flexibility index (Phi) is 10.4. The predicted octanol–water partition coefficient (Wildman–Crippen LogP) is 9.48. The Labute approximate surface area is 249 Å². The average molecular weight is 595 g/mol. The molecule has 3 aliphatic rings. The first-order chi connectivity index (χ1) is 19.3. The smallest absolute Gasteiger partial charge is 0.248 e. The van der Waals surface area contributed by atoms with Crippen LogP contribution in [0, 0.1) is 40.9 Å². The molecule has 8 atom stereocenters. The molecule has 0 radical (unpaired) electrons. The zero-order valence-electron chi connectivity index (χ0n) is 26.3.